The van der Waals surface area contributed by atoms with Crippen LogP contribution in [0.4, 0.5) is 5.82 Å². The molecule has 152 valence electrons. The third-order valence-electron chi connectivity index (χ3n) is 5.35. The van der Waals surface area contributed by atoms with E-state index in [4.69, 9.17) is 4.99 Å². The lowest BCUT2D eigenvalue weighted by atomic mass is 10.1. The van der Waals surface area contributed by atoms with E-state index < -0.39 is 0 Å². The van der Waals surface area contributed by atoms with Gasteiger partial charge < -0.3 is 15.5 Å². The zero-order valence-corrected chi connectivity index (χ0v) is 18.0. The second-order valence-electron chi connectivity index (χ2n) is 7.67. The van der Waals surface area contributed by atoms with Crippen LogP contribution in [0.2, 0.25) is 0 Å². The van der Waals surface area contributed by atoms with Gasteiger partial charge in [-0.25, -0.2) is 9.98 Å². The summed E-state index contributed by atoms with van der Waals surface area (Å²) >= 11 is 0. The molecule has 6 nitrogen and oxygen atoms in total. The third kappa shape index (κ3) is 6.09. The number of nitrogens with one attached hydrogen (secondary N) is 2. The van der Waals surface area contributed by atoms with Crippen LogP contribution in [0.25, 0.3) is 0 Å². The Morgan fingerprint density at radius 3 is 2.52 bits per heavy atom. The molecule has 2 atom stereocenters. The highest BCUT2D eigenvalue weighted by molar-refractivity contribution is 5.80. The molecule has 1 fully saturated rings. The molecule has 1 aliphatic heterocycles. The number of guanidine groups is 1. The summed E-state index contributed by atoms with van der Waals surface area (Å²) in [5.41, 5.74) is 1.13. The summed E-state index contributed by atoms with van der Waals surface area (Å²) in [6, 6.07) is 5.26. The van der Waals surface area contributed by atoms with E-state index in [2.05, 4.69) is 79.1 Å². The molecule has 2 N–H and O–H groups in total. The van der Waals surface area contributed by atoms with Crippen LogP contribution in [0.5, 0.6) is 0 Å². The maximum absolute atomic E-state index is 4.79. The van der Waals surface area contributed by atoms with Gasteiger partial charge in [-0.1, -0.05) is 13.0 Å². The first kappa shape index (κ1) is 21.5. The van der Waals surface area contributed by atoms with Crippen LogP contribution < -0.4 is 15.5 Å². The van der Waals surface area contributed by atoms with E-state index in [1.54, 1.807) is 0 Å². The number of nitrogens with zero attached hydrogens (tertiary/aromatic N) is 4. The summed E-state index contributed by atoms with van der Waals surface area (Å²) in [6.07, 6.45) is 1.94. The van der Waals surface area contributed by atoms with Gasteiger partial charge in [0.15, 0.2) is 5.96 Å². The fourth-order valence-corrected chi connectivity index (χ4v) is 3.52. The summed E-state index contributed by atoms with van der Waals surface area (Å²) in [6.45, 7) is 18.9. The summed E-state index contributed by atoms with van der Waals surface area (Å²) in [4.78, 5) is 14.2. The summed E-state index contributed by atoms with van der Waals surface area (Å²) < 4.78 is 0. The van der Waals surface area contributed by atoms with Crippen LogP contribution >= 0.6 is 0 Å². The Labute approximate surface area is 165 Å². The molecule has 1 saturated heterocycles. The van der Waals surface area contributed by atoms with Crippen LogP contribution in [-0.4, -0.2) is 60.7 Å². The number of rotatable bonds is 8. The predicted octanol–water partition coefficient (Wildman–Crippen LogP) is 2.71. The van der Waals surface area contributed by atoms with E-state index in [0.717, 1.165) is 50.1 Å². The lowest BCUT2D eigenvalue weighted by molar-refractivity contribution is 0.265. The molecular weight excluding hydrogens is 336 g/mol. The van der Waals surface area contributed by atoms with Crippen molar-refractivity contribution in [3.05, 3.63) is 23.9 Å². The van der Waals surface area contributed by atoms with Crippen molar-refractivity contribution in [2.75, 3.05) is 37.6 Å². The van der Waals surface area contributed by atoms with Crippen molar-refractivity contribution in [1.82, 2.24) is 20.5 Å². The fourth-order valence-electron chi connectivity index (χ4n) is 3.52. The van der Waals surface area contributed by atoms with E-state index in [-0.39, 0.29) is 0 Å². The number of hydrogen-bond acceptors (Lipinski definition) is 4. The number of aliphatic imine (C=N–C) groups is 1. The summed E-state index contributed by atoms with van der Waals surface area (Å²) in [7, 11) is 0. The van der Waals surface area contributed by atoms with Crippen molar-refractivity contribution < 1.29 is 0 Å². The number of hydrogen-bond donors (Lipinski definition) is 2. The standard InChI is InChI=1S/C21H38N6/c1-7-22-21(25-19-15-27(16(4)5)14-17(19)6)24-13-18-10-11-20(23-12-18)26(8-2)9-3/h10-12,16-17,19H,7-9,13-15H2,1-6H3,(H2,22,24,25). The first-order chi connectivity index (χ1) is 13.0. The average molecular weight is 375 g/mol. The van der Waals surface area contributed by atoms with Gasteiger partial charge in [0.05, 0.1) is 6.54 Å². The van der Waals surface area contributed by atoms with Gasteiger partial charge in [-0.2, -0.15) is 0 Å². The second kappa shape index (κ2) is 10.5. The molecular formula is C21H38N6. The highest BCUT2D eigenvalue weighted by Crippen LogP contribution is 2.18. The van der Waals surface area contributed by atoms with Crippen LogP contribution in [-0.2, 0) is 6.54 Å². The first-order valence-electron chi connectivity index (χ1n) is 10.5. The van der Waals surface area contributed by atoms with Gasteiger partial charge in [0.1, 0.15) is 5.82 Å². The third-order valence-corrected chi connectivity index (χ3v) is 5.35. The van der Waals surface area contributed by atoms with Gasteiger partial charge in [0.25, 0.3) is 0 Å². The quantitative estimate of drug-likeness (QED) is 0.541. The zero-order chi connectivity index (χ0) is 19.8. The second-order valence-corrected chi connectivity index (χ2v) is 7.67. The normalized spacial score (nSPS) is 20.9. The SMILES string of the molecule is CCNC(=NCc1ccc(N(CC)CC)nc1)NC1CN(C(C)C)CC1C. The molecule has 1 aromatic rings. The molecule has 0 amide bonds. The fraction of sp³-hybridized carbons (Fsp3) is 0.714. The molecule has 2 heterocycles. The van der Waals surface area contributed by atoms with Crippen LogP contribution in [0.15, 0.2) is 23.3 Å². The highest BCUT2D eigenvalue weighted by atomic mass is 15.3. The summed E-state index contributed by atoms with van der Waals surface area (Å²) in [5.74, 6) is 2.55. The van der Waals surface area contributed by atoms with Crippen LogP contribution in [0.1, 0.15) is 47.1 Å². The number of aromatic nitrogens is 1. The van der Waals surface area contributed by atoms with Crippen molar-refractivity contribution >= 4 is 11.8 Å². The van der Waals surface area contributed by atoms with E-state index in [1.807, 2.05) is 6.20 Å². The number of anilines is 1. The molecule has 6 heteroatoms. The van der Waals surface area contributed by atoms with Crippen molar-refractivity contribution in [3.63, 3.8) is 0 Å². The molecule has 0 aliphatic carbocycles. The monoisotopic (exact) mass is 374 g/mol. The van der Waals surface area contributed by atoms with E-state index in [9.17, 15) is 0 Å². The largest absolute Gasteiger partial charge is 0.357 e. The lowest BCUT2D eigenvalue weighted by Crippen LogP contribution is -2.46. The molecule has 0 aromatic carbocycles. The Bertz CT molecular complexity index is 579. The topological polar surface area (TPSA) is 55.8 Å². The lowest BCUT2D eigenvalue weighted by Gasteiger charge is -2.22. The first-order valence-corrected chi connectivity index (χ1v) is 10.5. The van der Waals surface area contributed by atoms with Gasteiger partial charge in [-0.15, -0.1) is 0 Å². The van der Waals surface area contributed by atoms with Gasteiger partial charge in [0, 0.05) is 51.0 Å². The van der Waals surface area contributed by atoms with Crippen molar-refractivity contribution in [2.45, 2.75) is 60.2 Å². The van der Waals surface area contributed by atoms with Crippen LogP contribution in [0, 0.1) is 5.92 Å². The molecule has 1 aromatic heterocycles. The van der Waals surface area contributed by atoms with E-state index >= 15 is 0 Å². The molecule has 2 unspecified atom stereocenters. The van der Waals surface area contributed by atoms with Gasteiger partial charge in [-0.05, 0) is 52.2 Å². The molecule has 27 heavy (non-hydrogen) atoms. The van der Waals surface area contributed by atoms with E-state index in [1.165, 1.54) is 0 Å². The summed E-state index contributed by atoms with van der Waals surface area (Å²) in [5, 5.41) is 7.02. The number of pyridine rings is 1. The Hall–Kier alpha value is -1.82. The van der Waals surface area contributed by atoms with Crippen molar-refractivity contribution in [3.8, 4) is 0 Å². The van der Waals surface area contributed by atoms with Gasteiger partial charge in [0.2, 0.25) is 0 Å². The molecule has 2 rings (SSSR count). The minimum absolute atomic E-state index is 0.438. The Balaban J connectivity index is 1.99. The average Bonchev–Trinajstić information content (AvgIpc) is 3.03. The van der Waals surface area contributed by atoms with Gasteiger partial charge >= 0.3 is 0 Å². The highest BCUT2D eigenvalue weighted by Gasteiger charge is 2.31. The zero-order valence-electron chi connectivity index (χ0n) is 18.0. The molecule has 1 aliphatic rings. The maximum atomic E-state index is 4.79. The Morgan fingerprint density at radius 1 is 1.26 bits per heavy atom. The molecule has 0 spiro atoms. The smallest absolute Gasteiger partial charge is 0.191 e. The number of likely N-dealkylation sites (tertiary alicyclic amines) is 1. The minimum atomic E-state index is 0.438. The molecule has 0 radical (unpaired) electrons. The minimum Gasteiger partial charge on any atom is -0.357 e. The molecule has 0 saturated carbocycles. The van der Waals surface area contributed by atoms with Crippen molar-refractivity contribution in [2.24, 2.45) is 10.9 Å². The van der Waals surface area contributed by atoms with Gasteiger partial charge in [-0.3, -0.25) is 4.90 Å². The van der Waals surface area contributed by atoms with E-state index in [0.29, 0.717) is 24.5 Å². The predicted molar refractivity (Wildman–Crippen MR) is 115 cm³/mol. The molecule has 0 bridgehead atoms. The Kier molecular flexibility index (Phi) is 8.35. The van der Waals surface area contributed by atoms with Crippen LogP contribution in [0.3, 0.4) is 0 Å². The van der Waals surface area contributed by atoms with Crippen molar-refractivity contribution in [1.29, 1.82) is 0 Å². The maximum Gasteiger partial charge on any atom is 0.191 e. The Morgan fingerprint density at radius 2 is 2.00 bits per heavy atom.